The predicted molar refractivity (Wildman–Crippen MR) is 171 cm³/mol. The molecule has 0 fully saturated rings. The van der Waals surface area contributed by atoms with Crippen LogP contribution in [0, 0.1) is 0 Å². The van der Waals surface area contributed by atoms with Gasteiger partial charge in [0.1, 0.15) is 0 Å². The molecule has 39 heavy (non-hydrogen) atoms. The minimum absolute atomic E-state index is 1.06. The van der Waals surface area contributed by atoms with Gasteiger partial charge in [0, 0.05) is 20.2 Å². The molecule has 7 aromatic rings. The second kappa shape index (κ2) is 9.08. The standard InChI is InChI=1S/C38H26S/c1-2-12-25(13-3-1)26-14-10-15-27(24-26)36-28-16-4-6-18-30(28)37(31-19-7-5-17-29(31)36)33-21-11-23-35-38(33)32-20-8-9-22-34(32)39-35/h1-9,11-13,15-24H,10,14H2. The molecule has 0 amide bonds. The van der Waals surface area contributed by atoms with E-state index in [0.717, 1.165) is 12.8 Å². The monoisotopic (exact) mass is 514 g/mol. The number of fused-ring (bicyclic) bond motifs is 5. The van der Waals surface area contributed by atoms with Gasteiger partial charge in [-0.15, -0.1) is 11.3 Å². The first-order valence-electron chi connectivity index (χ1n) is 13.7. The van der Waals surface area contributed by atoms with Crippen LogP contribution < -0.4 is 0 Å². The van der Waals surface area contributed by atoms with Crippen molar-refractivity contribution in [1.29, 1.82) is 0 Å². The Morgan fingerprint density at radius 2 is 1.08 bits per heavy atom. The van der Waals surface area contributed by atoms with Gasteiger partial charge in [-0.2, -0.15) is 0 Å². The highest BCUT2D eigenvalue weighted by molar-refractivity contribution is 7.25. The highest BCUT2D eigenvalue weighted by Gasteiger charge is 2.20. The maximum absolute atomic E-state index is 2.44. The maximum Gasteiger partial charge on any atom is 0.0361 e. The van der Waals surface area contributed by atoms with Gasteiger partial charge in [-0.25, -0.2) is 0 Å². The third-order valence-corrected chi connectivity index (χ3v) is 9.28. The van der Waals surface area contributed by atoms with E-state index >= 15 is 0 Å². The van der Waals surface area contributed by atoms with Crippen LogP contribution in [0.2, 0.25) is 0 Å². The molecule has 0 radical (unpaired) electrons. The smallest absolute Gasteiger partial charge is 0.0361 e. The Morgan fingerprint density at radius 3 is 1.79 bits per heavy atom. The van der Waals surface area contributed by atoms with Crippen LogP contribution in [-0.2, 0) is 0 Å². The van der Waals surface area contributed by atoms with Crippen molar-refractivity contribution < 1.29 is 0 Å². The number of benzene rings is 6. The number of rotatable bonds is 3. The Bertz CT molecular complexity index is 2050. The van der Waals surface area contributed by atoms with Crippen molar-refractivity contribution >= 4 is 64.2 Å². The molecule has 0 bridgehead atoms. The number of allylic oxidation sites excluding steroid dienone is 4. The van der Waals surface area contributed by atoms with E-state index in [9.17, 15) is 0 Å². The van der Waals surface area contributed by atoms with E-state index in [4.69, 9.17) is 0 Å². The van der Waals surface area contributed by atoms with Crippen molar-refractivity contribution in [3.8, 4) is 11.1 Å². The topological polar surface area (TPSA) is 0 Å². The first-order chi connectivity index (χ1) is 19.4. The first kappa shape index (κ1) is 22.5. The molecule has 1 heterocycles. The van der Waals surface area contributed by atoms with Crippen LogP contribution in [0.4, 0.5) is 0 Å². The number of thiophene rings is 1. The fourth-order valence-electron chi connectivity index (χ4n) is 6.47. The molecule has 1 aliphatic carbocycles. The quantitative estimate of drug-likeness (QED) is 0.206. The Balaban J connectivity index is 1.47. The van der Waals surface area contributed by atoms with Gasteiger partial charge in [0.2, 0.25) is 0 Å². The average molecular weight is 515 g/mol. The van der Waals surface area contributed by atoms with E-state index in [1.807, 2.05) is 11.3 Å². The van der Waals surface area contributed by atoms with Gasteiger partial charge in [-0.05, 0) is 79.9 Å². The van der Waals surface area contributed by atoms with Gasteiger partial charge in [0.25, 0.3) is 0 Å². The first-order valence-corrected chi connectivity index (χ1v) is 14.5. The lowest BCUT2D eigenvalue weighted by Gasteiger charge is -2.21. The van der Waals surface area contributed by atoms with Crippen LogP contribution >= 0.6 is 11.3 Å². The van der Waals surface area contributed by atoms with Crippen LogP contribution in [-0.4, -0.2) is 0 Å². The van der Waals surface area contributed by atoms with Crippen LogP contribution in [0.15, 0.2) is 133 Å². The highest BCUT2D eigenvalue weighted by Crippen LogP contribution is 2.47. The largest absolute Gasteiger partial charge is 0.135 e. The summed E-state index contributed by atoms with van der Waals surface area (Å²) in [6.45, 7) is 0. The van der Waals surface area contributed by atoms with E-state index in [2.05, 4.69) is 133 Å². The number of hydrogen-bond donors (Lipinski definition) is 0. The van der Waals surface area contributed by atoms with E-state index in [0.29, 0.717) is 0 Å². The summed E-state index contributed by atoms with van der Waals surface area (Å²) in [5, 5.41) is 7.98. The molecular weight excluding hydrogens is 488 g/mol. The summed E-state index contributed by atoms with van der Waals surface area (Å²) in [5.74, 6) is 0. The molecule has 1 aromatic heterocycles. The SMILES string of the molecule is C1=C(c2ccccc2)CCC=C1c1c2ccccc2c(-c2cccc3sc4ccccc4c23)c2ccccc12. The molecule has 1 heteroatoms. The third-order valence-electron chi connectivity index (χ3n) is 8.14. The zero-order valence-corrected chi connectivity index (χ0v) is 22.3. The van der Waals surface area contributed by atoms with Crippen LogP contribution in [0.1, 0.15) is 24.0 Å². The van der Waals surface area contributed by atoms with Gasteiger partial charge >= 0.3 is 0 Å². The van der Waals surface area contributed by atoms with Gasteiger partial charge in [-0.1, -0.05) is 121 Å². The van der Waals surface area contributed by atoms with E-state index in [-0.39, 0.29) is 0 Å². The molecule has 0 aliphatic heterocycles. The molecule has 8 rings (SSSR count). The summed E-state index contributed by atoms with van der Waals surface area (Å²) in [7, 11) is 0. The molecule has 0 saturated heterocycles. The zero-order valence-electron chi connectivity index (χ0n) is 21.5. The van der Waals surface area contributed by atoms with Crippen molar-refractivity contribution in [2.45, 2.75) is 12.8 Å². The lowest BCUT2D eigenvalue weighted by Crippen LogP contribution is -1.97. The molecule has 184 valence electrons. The zero-order chi connectivity index (χ0) is 25.8. The molecule has 1 aliphatic rings. The molecular formula is C38H26S. The van der Waals surface area contributed by atoms with Crippen molar-refractivity contribution in [2.75, 3.05) is 0 Å². The minimum atomic E-state index is 1.06. The summed E-state index contributed by atoms with van der Waals surface area (Å²) in [6, 6.07) is 44.5. The highest BCUT2D eigenvalue weighted by atomic mass is 32.1. The van der Waals surface area contributed by atoms with Gasteiger partial charge in [0.05, 0.1) is 0 Å². The van der Waals surface area contributed by atoms with Gasteiger partial charge in [-0.3, -0.25) is 0 Å². The van der Waals surface area contributed by atoms with E-state index in [1.165, 1.54) is 75.1 Å². The second-order valence-electron chi connectivity index (χ2n) is 10.4. The molecule has 0 atom stereocenters. The normalized spacial score (nSPS) is 13.7. The van der Waals surface area contributed by atoms with E-state index < -0.39 is 0 Å². The van der Waals surface area contributed by atoms with Crippen LogP contribution in [0.25, 0.3) is 64.0 Å². The Hall–Kier alpha value is -4.46. The van der Waals surface area contributed by atoms with Crippen molar-refractivity contribution in [2.24, 2.45) is 0 Å². The third kappa shape index (κ3) is 3.58. The van der Waals surface area contributed by atoms with Crippen molar-refractivity contribution in [3.05, 3.63) is 145 Å². The fourth-order valence-corrected chi connectivity index (χ4v) is 7.60. The summed E-state index contributed by atoms with van der Waals surface area (Å²) >= 11 is 1.89. The van der Waals surface area contributed by atoms with Crippen LogP contribution in [0.3, 0.4) is 0 Å². The van der Waals surface area contributed by atoms with Crippen molar-refractivity contribution in [3.63, 3.8) is 0 Å². The molecule has 0 N–H and O–H groups in total. The summed E-state index contributed by atoms with van der Waals surface area (Å²) in [4.78, 5) is 0. The second-order valence-corrected chi connectivity index (χ2v) is 11.4. The Morgan fingerprint density at radius 1 is 0.487 bits per heavy atom. The summed E-state index contributed by atoms with van der Waals surface area (Å²) in [5.41, 5.74) is 8.08. The predicted octanol–water partition coefficient (Wildman–Crippen LogP) is 11.3. The summed E-state index contributed by atoms with van der Waals surface area (Å²) < 4.78 is 2.69. The lowest BCUT2D eigenvalue weighted by atomic mass is 9.82. The fraction of sp³-hybridized carbons (Fsp3) is 0.0526. The molecule has 0 saturated carbocycles. The molecule has 0 spiro atoms. The molecule has 0 unspecified atom stereocenters. The average Bonchev–Trinajstić information content (AvgIpc) is 3.39. The summed E-state index contributed by atoms with van der Waals surface area (Å²) in [6.07, 6.45) is 7.00. The molecule has 6 aromatic carbocycles. The Kier molecular flexibility index (Phi) is 5.24. The van der Waals surface area contributed by atoms with Crippen LogP contribution in [0.5, 0.6) is 0 Å². The molecule has 0 nitrogen and oxygen atoms in total. The Labute approximate surface area is 232 Å². The van der Waals surface area contributed by atoms with E-state index in [1.54, 1.807) is 0 Å². The van der Waals surface area contributed by atoms with Crippen molar-refractivity contribution in [1.82, 2.24) is 0 Å². The van der Waals surface area contributed by atoms with Gasteiger partial charge in [0.15, 0.2) is 0 Å². The van der Waals surface area contributed by atoms with Gasteiger partial charge < -0.3 is 0 Å². The maximum atomic E-state index is 2.44. The minimum Gasteiger partial charge on any atom is -0.135 e. The number of hydrogen-bond acceptors (Lipinski definition) is 1. The lowest BCUT2D eigenvalue weighted by molar-refractivity contribution is 1.06.